The van der Waals surface area contributed by atoms with E-state index in [-0.39, 0.29) is 24.5 Å². The number of hydrogen-bond acceptors (Lipinski definition) is 9. The molecule has 0 fully saturated rings. The standard InChI is InChI=1S/C24H25N5O5S/c1-15-7-6-8-17(13-15)14-35-24-26-23-25-16(2)20(22(30)34-12-11-33-3)21(28(23)27-24)18-9-4-5-10-19(18)29(31)32/h4-10,13,21H,11-12,14H2,1-3H3,(H,25,26,27). The highest BCUT2D eigenvalue weighted by atomic mass is 32.2. The van der Waals surface area contributed by atoms with Gasteiger partial charge in [-0.25, -0.2) is 9.48 Å². The number of benzene rings is 2. The number of aromatic nitrogens is 3. The number of carbonyl (C=O) groups excluding carboxylic acids is 1. The molecule has 35 heavy (non-hydrogen) atoms. The summed E-state index contributed by atoms with van der Waals surface area (Å²) in [5.74, 6) is 0.440. The van der Waals surface area contributed by atoms with E-state index in [9.17, 15) is 14.9 Å². The molecule has 0 bridgehead atoms. The molecule has 182 valence electrons. The number of nitrogens with zero attached hydrogens (tertiary/aromatic N) is 4. The van der Waals surface area contributed by atoms with E-state index in [1.54, 1.807) is 25.1 Å². The van der Waals surface area contributed by atoms with Crippen molar-refractivity contribution in [1.29, 1.82) is 0 Å². The molecular formula is C24H25N5O5S. The Morgan fingerprint density at radius 2 is 2.00 bits per heavy atom. The Bertz CT molecular complexity index is 1290. The zero-order valence-corrected chi connectivity index (χ0v) is 20.4. The maximum atomic E-state index is 13.1. The Balaban J connectivity index is 1.72. The quantitative estimate of drug-likeness (QED) is 0.152. The summed E-state index contributed by atoms with van der Waals surface area (Å²) in [6.45, 7) is 4.03. The Kier molecular flexibility index (Phi) is 7.47. The summed E-state index contributed by atoms with van der Waals surface area (Å²) in [7, 11) is 1.51. The van der Waals surface area contributed by atoms with Crippen LogP contribution in [-0.4, -0.2) is 46.0 Å². The maximum Gasteiger partial charge on any atom is 0.338 e. The SMILES string of the molecule is COCCOC(=O)C1=C(C)Nc2nc(SCc3cccc(C)c3)nn2C1c1ccccc1[N+](=O)[O-]. The number of methoxy groups -OCH3 is 1. The molecule has 1 atom stereocenters. The van der Waals surface area contributed by atoms with Crippen LogP contribution in [-0.2, 0) is 20.0 Å². The molecule has 0 saturated heterocycles. The first-order valence-electron chi connectivity index (χ1n) is 10.9. The van der Waals surface area contributed by atoms with E-state index in [4.69, 9.17) is 9.47 Å². The predicted octanol–water partition coefficient (Wildman–Crippen LogP) is 4.27. The van der Waals surface area contributed by atoms with Crippen molar-refractivity contribution < 1.29 is 19.2 Å². The molecule has 1 aliphatic rings. The molecule has 3 aromatic rings. The van der Waals surface area contributed by atoms with Crippen LogP contribution in [0.5, 0.6) is 0 Å². The number of nitro benzene ring substituents is 1. The summed E-state index contributed by atoms with van der Waals surface area (Å²) in [5, 5.41) is 20.1. The second-order valence-corrected chi connectivity index (χ2v) is 8.89. The van der Waals surface area contributed by atoms with Gasteiger partial charge in [-0.15, -0.1) is 5.10 Å². The van der Waals surface area contributed by atoms with Gasteiger partial charge in [0.25, 0.3) is 5.69 Å². The molecule has 0 spiro atoms. The van der Waals surface area contributed by atoms with Gasteiger partial charge >= 0.3 is 5.97 Å². The van der Waals surface area contributed by atoms with E-state index in [0.717, 1.165) is 11.1 Å². The molecular weight excluding hydrogens is 470 g/mol. The first kappa shape index (κ1) is 24.4. The topological polar surface area (TPSA) is 121 Å². The first-order valence-corrected chi connectivity index (χ1v) is 11.9. The smallest absolute Gasteiger partial charge is 0.338 e. The number of nitro groups is 1. The summed E-state index contributed by atoms with van der Waals surface area (Å²) in [5.41, 5.74) is 3.20. The Morgan fingerprint density at radius 3 is 2.74 bits per heavy atom. The molecule has 10 nitrogen and oxygen atoms in total. The van der Waals surface area contributed by atoms with E-state index >= 15 is 0 Å². The average molecular weight is 496 g/mol. The summed E-state index contributed by atoms with van der Waals surface area (Å²) in [6, 6.07) is 13.6. The van der Waals surface area contributed by atoms with Gasteiger partial charge in [0.05, 0.1) is 22.7 Å². The van der Waals surface area contributed by atoms with Crippen LogP contribution in [0, 0.1) is 17.0 Å². The molecule has 4 rings (SSSR count). The van der Waals surface area contributed by atoms with Gasteiger partial charge in [0.15, 0.2) is 0 Å². The fourth-order valence-electron chi connectivity index (χ4n) is 3.87. The molecule has 0 amide bonds. The lowest BCUT2D eigenvalue weighted by Crippen LogP contribution is -2.30. The summed E-state index contributed by atoms with van der Waals surface area (Å²) in [4.78, 5) is 29.0. The Hall–Kier alpha value is -3.70. The monoisotopic (exact) mass is 495 g/mol. The number of anilines is 1. The van der Waals surface area contributed by atoms with Crippen molar-refractivity contribution in [2.45, 2.75) is 30.8 Å². The molecule has 1 aliphatic heterocycles. The van der Waals surface area contributed by atoms with Crippen LogP contribution in [0.4, 0.5) is 11.6 Å². The number of ether oxygens (including phenoxy) is 2. The first-order chi connectivity index (χ1) is 16.9. The van der Waals surface area contributed by atoms with Gasteiger partial charge in [-0.05, 0) is 25.5 Å². The van der Waals surface area contributed by atoms with Gasteiger partial charge in [-0.1, -0.05) is 53.7 Å². The third kappa shape index (κ3) is 5.36. The number of nitrogens with one attached hydrogen (secondary N) is 1. The number of fused-ring (bicyclic) bond motifs is 1. The lowest BCUT2D eigenvalue weighted by Gasteiger charge is -2.27. The second kappa shape index (κ2) is 10.7. The number of thioether (sulfide) groups is 1. The van der Waals surface area contributed by atoms with E-state index < -0.39 is 16.9 Å². The van der Waals surface area contributed by atoms with Crippen molar-refractivity contribution in [3.63, 3.8) is 0 Å². The molecule has 2 heterocycles. The van der Waals surface area contributed by atoms with Crippen LogP contribution in [0.15, 0.2) is 65.0 Å². The number of carbonyl (C=O) groups is 1. The van der Waals surface area contributed by atoms with Crippen LogP contribution < -0.4 is 5.32 Å². The minimum atomic E-state index is -0.885. The van der Waals surface area contributed by atoms with E-state index in [1.165, 1.54) is 29.6 Å². The number of para-hydroxylation sites is 1. The van der Waals surface area contributed by atoms with E-state index in [2.05, 4.69) is 21.5 Å². The van der Waals surface area contributed by atoms with E-state index in [0.29, 0.717) is 28.1 Å². The molecule has 2 aromatic carbocycles. The largest absolute Gasteiger partial charge is 0.460 e. The van der Waals surface area contributed by atoms with Crippen molar-refractivity contribution >= 4 is 29.4 Å². The lowest BCUT2D eigenvalue weighted by atomic mass is 9.94. The molecule has 1 aromatic heterocycles. The zero-order valence-electron chi connectivity index (χ0n) is 19.6. The highest BCUT2D eigenvalue weighted by Gasteiger charge is 2.38. The number of allylic oxidation sites excluding steroid dienone is 1. The average Bonchev–Trinajstić information content (AvgIpc) is 3.24. The van der Waals surface area contributed by atoms with Crippen molar-refractivity contribution in [3.8, 4) is 0 Å². The van der Waals surface area contributed by atoms with Crippen LogP contribution in [0.2, 0.25) is 0 Å². The molecule has 11 heteroatoms. The zero-order chi connectivity index (χ0) is 24.9. The number of rotatable bonds is 9. The predicted molar refractivity (Wildman–Crippen MR) is 131 cm³/mol. The summed E-state index contributed by atoms with van der Waals surface area (Å²) in [6.07, 6.45) is 0. The third-order valence-corrected chi connectivity index (χ3v) is 6.36. The minimum Gasteiger partial charge on any atom is -0.460 e. The van der Waals surface area contributed by atoms with Crippen LogP contribution in [0.3, 0.4) is 0 Å². The van der Waals surface area contributed by atoms with Gasteiger partial charge in [0, 0.05) is 24.6 Å². The Labute approximate surface area is 206 Å². The molecule has 1 unspecified atom stereocenters. The minimum absolute atomic E-state index is 0.0531. The van der Waals surface area contributed by atoms with Crippen molar-refractivity contribution in [1.82, 2.24) is 14.8 Å². The van der Waals surface area contributed by atoms with Crippen molar-refractivity contribution in [2.24, 2.45) is 0 Å². The number of hydrogen-bond donors (Lipinski definition) is 1. The van der Waals surface area contributed by atoms with E-state index in [1.807, 2.05) is 25.1 Å². The molecule has 0 radical (unpaired) electrons. The Morgan fingerprint density at radius 1 is 1.20 bits per heavy atom. The van der Waals surface area contributed by atoms with Gasteiger partial charge in [-0.3, -0.25) is 10.1 Å². The van der Waals surface area contributed by atoms with Crippen molar-refractivity contribution in [2.75, 3.05) is 25.6 Å². The van der Waals surface area contributed by atoms with Crippen molar-refractivity contribution in [3.05, 3.63) is 86.6 Å². The second-order valence-electron chi connectivity index (χ2n) is 7.95. The van der Waals surface area contributed by atoms with Crippen LogP contribution >= 0.6 is 11.8 Å². The fourth-order valence-corrected chi connectivity index (χ4v) is 4.65. The maximum absolute atomic E-state index is 13.1. The molecule has 1 N–H and O–H groups in total. The van der Waals surface area contributed by atoms with Crippen LogP contribution in [0.1, 0.15) is 29.7 Å². The summed E-state index contributed by atoms with van der Waals surface area (Å²) < 4.78 is 11.9. The van der Waals surface area contributed by atoms with Gasteiger partial charge in [0.2, 0.25) is 11.1 Å². The van der Waals surface area contributed by atoms with Crippen LogP contribution in [0.25, 0.3) is 0 Å². The number of esters is 1. The third-order valence-electron chi connectivity index (χ3n) is 5.45. The summed E-state index contributed by atoms with van der Waals surface area (Å²) >= 11 is 1.44. The lowest BCUT2D eigenvalue weighted by molar-refractivity contribution is -0.385. The fraction of sp³-hybridized carbons (Fsp3) is 0.292. The molecule has 0 aliphatic carbocycles. The van der Waals surface area contributed by atoms with Gasteiger partial charge in [-0.2, -0.15) is 4.98 Å². The molecule has 0 saturated carbocycles. The van der Waals surface area contributed by atoms with Gasteiger partial charge in [0.1, 0.15) is 12.6 Å². The number of aryl methyl sites for hydroxylation is 1. The highest BCUT2D eigenvalue weighted by molar-refractivity contribution is 7.98. The van der Waals surface area contributed by atoms with Gasteiger partial charge < -0.3 is 14.8 Å². The normalized spacial score (nSPS) is 14.9. The highest BCUT2D eigenvalue weighted by Crippen LogP contribution is 2.40.